The number of aromatic nitrogens is 2. The van der Waals surface area contributed by atoms with Crippen molar-refractivity contribution < 1.29 is 14.6 Å². The van der Waals surface area contributed by atoms with E-state index >= 15 is 0 Å². The SMILES string of the molecule is O=C(O)Cc1ccc(C#Cc2ccc(N3CCC(Oc4cc(Cl)ccc4Cl)CC3)nn2)cc1. The molecular formula is C25H21Cl2N3O3. The van der Waals surface area contributed by atoms with Crippen LogP contribution in [0, 0.1) is 11.8 Å². The van der Waals surface area contributed by atoms with E-state index in [1.54, 1.807) is 42.5 Å². The molecule has 0 aliphatic carbocycles. The molecule has 168 valence electrons. The van der Waals surface area contributed by atoms with Crippen LogP contribution < -0.4 is 9.64 Å². The molecule has 0 amide bonds. The number of hydrogen-bond donors (Lipinski definition) is 1. The van der Waals surface area contributed by atoms with Crippen LogP contribution in [0.3, 0.4) is 0 Å². The average Bonchev–Trinajstić information content (AvgIpc) is 2.81. The van der Waals surface area contributed by atoms with Gasteiger partial charge in [0.15, 0.2) is 5.82 Å². The summed E-state index contributed by atoms with van der Waals surface area (Å²) >= 11 is 12.2. The Hall–Kier alpha value is -3.27. The summed E-state index contributed by atoms with van der Waals surface area (Å²) in [6.45, 7) is 1.59. The van der Waals surface area contributed by atoms with E-state index in [1.807, 2.05) is 12.1 Å². The van der Waals surface area contributed by atoms with Crippen LogP contribution in [-0.2, 0) is 11.2 Å². The second-order valence-electron chi connectivity index (χ2n) is 7.67. The lowest BCUT2D eigenvalue weighted by molar-refractivity contribution is -0.136. The molecule has 1 N–H and O–H groups in total. The van der Waals surface area contributed by atoms with Gasteiger partial charge in [0, 0.05) is 42.6 Å². The summed E-state index contributed by atoms with van der Waals surface area (Å²) in [6.07, 6.45) is 1.74. The van der Waals surface area contributed by atoms with Crippen molar-refractivity contribution in [3.05, 3.63) is 81.5 Å². The van der Waals surface area contributed by atoms with E-state index in [0.29, 0.717) is 21.5 Å². The normalized spacial score (nSPS) is 13.8. The molecule has 0 radical (unpaired) electrons. The number of rotatable bonds is 5. The number of carbonyl (C=O) groups is 1. The number of benzene rings is 2. The van der Waals surface area contributed by atoms with E-state index in [2.05, 4.69) is 26.9 Å². The summed E-state index contributed by atoms with van der Waals surface area (Å²) in [5, 5.41) is 18.5. The van der Waals surface area contributed by atoms with Crippen molar-refractivity contribution in [3.63, 3.8) is 0 Å². The first-order valence-electron chi connectivity index (χ1n) is 10.5. The number of carboxylic acids is 1. The standard InChI is InChI=1S/C25H21Cl2N3O3/c26-19-6-9-22(27)23(16-19)33-21-11-13-30(14-12-21)24-10-8-20(28-29-24)7-5-17-1-3-18(4-2-17)15-25(31)32/h1-4,6,8-10,16,21H,11-15H2,(H,31,32). The summed E-state index contributed by atoms with van der Waals surface area (Å²) in [7, 11) is 0. The van der Waals surface area contributed by atoms with Crippen LogP contribution in [0.5, 0.6) is 5.75 Å². The topological polar surface area (TPSA) is 75.5 Å². The fraction of sp³-hybridized carbons (Fsp3) is 0.240. The van der Waals surface area contributed by atoms with Gasteiger partial charge in [-0.05, 0) is 47.9 Å². The zero-order valence-corrected chi connectivity index (χ0v) is 19.2. The molecule has 3 aromatic rings. The molecule has 33 heavy (non-hydrogen) atoms. The van der Waals surface area contributed by atoms with Crippen LogP contribution >= 0.6 is 23.2 Å². The zero-order chi connectivity index (χ0) is 23.2. The lowest BCUT2D eigenvalue weighted by Gasteiger charge is -2.32. The maximum atomic E-state index is 10.8. The highest BCUT2D eigenvalue weighted by Crippen LogP contribution is 2.30. The van der Waals surface area contributed by atoms with Crippen LogP contribution in [0.4, 0.5) is 5.82 Å². The van der Waals surface area contributed by atoms with E-state index < -0.39 is 5.97 Å². The Balaban J connectivity index is 1.31. The van der Waals surface area contributed by atoms with Crippen LogP contribution in [0.15, 0.2) is 54.6 Å². The minimum atomic E-state index is -0.855. The van der Waals surface area contributed by atoms with Crippen LogP contribution in [-0.4, -0.2) is 40.5 Å². The van der Waals surface area contributed by atoms with Crippen molar-refractivity contribution >= 4 is 35.0 Å². The van der Waals surface area contributed by atoms with E-state index in [1.165, 1.54) is 0 Å². The highest BCUT2D eigenvalue weighted by Gasteiger charge is 2.22. The van der Waals surface area contributed by atoms with Gasteiger partial charge in [-0.3, -0.25) is 4.79 Å². The second kappa shape index (κ2) is 10.6. The number of ether oxygens (including phenoxy) is 1. The van der Waals surface area contributed by atoms with Gasteiger partial charge in [-0.1, -0.05) is 41.3 Å². The van der Waals surface area contributed by atoms with Crippen LogP contribution in [0.1, 0.15) is 29.7 Å². The van der Waals surface area contributed by atoms with E-state index in [4.69, 9.17) is 33.0 Å². The summed E-state index contributed by atoms with van der Waals surface area (Å²) in [4.78, 5) is 12.9. The van der Waals surface area contributed by atoms with Crippen molar-refractivity contribution in [2.75, 3.05) is 18.0 Å². The van der Waals surface area contributed by atoms with Gasteiger partial charge in [0.05, 0.1) is 11.4 Å². The predicted octanol–water partition coefficient (Wildman–Crippen LogP) is 4.86. The predicted molar refractivity (Wildman–Crippen MR) is 128 cm³/mol. The third kappa shape index (κ3) is 6.38. The van der Waals surface area contributed by atoms with Gasteiger partial charge in [-0.2, -0.15) is 0 Å². The van der Waals surface area contributed by atoms with Crippen molar-refractivity contribution in [2.45, 2.75) is 25.4 Å². The number of piperidine rings is 1. The van der Waals surface area contributed by atoms with Gasteiger partial charge in [-0.15, -0.1) is 10.2 Å². The zero-order valence-electron chi connectivity index (χ0n) is 17.7. The number of anilines is 1. The van der Waals surface area contributed by atoms with Gasteiger partial charge in [-0.25, -0.2) is 0 Å². The summed E-state index contributed by atoms with van der Waals surface area (Å²) in [5.74, 6) is 6.58. The molecule has 0 spiro atoms. The van der Waals surface area contributed by atoms with Crippen molar-refractivity contribution in [2.24, 2.45) is 0 Å². The molecular weight excluding hydrogens is 461 g/mol. The van der Waals surface area contributed by atoms with Crippen molar-refractivity contribution in [1.29, 1.82) is 0 Å². The van der Waals surface area contributed by atoms with Gasteiger partial charge in [0.2, 0.25) is 0 Å². The Morgan fingerprint density at radius 3 is 2.45 bits per heavy atom. The van der Waals surface area contributed by atoms with Crippen LogP contribution in [0.2, 0.25) is 10.0 Å². The Morgan fingerprint density at radius 1 is 1.03 bits per heavy atom. The quantitative estimate of drug-likeness (QED) is 0.524. The number of nitrogens with zero attached hydrogens (tertiary/aromatic N) is 3. The third-order valence-electron chi connectivity index (χ3n) is 5.25. The van der Waals surface area contributed by atoms with Gasteiger partial charge < -0.3 is 14.7 Å². The molecule has 1 aromatic heterocycles. The monoisotopic (exact) mass is 481 g/mol. The summed E-state index contributed by atoms with van der Waals surface area (Å²) in [6, 6.07) is 16.1. The highest BCUT2D eigenvalue weighted by molar-refractivity contribution is 6.34. The first kappa shape index (κ1) is 22.9. The molecule has 2 heterocycles. The summed E-state index contributed by atoms with van der Waals surface area (Å²) in [5.41, 5.74) is 2.10. The van der Waals surface area contributed by atoms with Crippen LogP contribution in [0.25, 0.3) is 0 Å². The Bertz CT molecular complexity index is 1180. The highest BCUT2D eigenvalue weighted by atomic mass is 35.5. The molecule has 2 aromatic carbocycles. The molecule has 1 aliphatic rings. The van der Waals surface area contributed by atoms with Gasteiger partial charge in [0.1, 0.15) is 17.5 Å². The number of aliphatic carboxylic acids is 1. The molecule has 0 unspecified atom stereocenters. The summed E-state index contributed by atoms with van der Waals surface area (Å²) < 4.78 is 6.04. The fourth-order valence-corrected chi connectivity index (χ4v) is 3.85. The first-order valence-corrected chi connectivity index (χ1v) is 11.2. The Kier molecular flexibility index (Phi) is 7.33. The van der Waals surface area contributed by atoms with E-state index in [0.717, 1.165) is 42.9 Å². The van der Waals surface area contributed by atoms with E-state index in [-0.39, 0.29) is 12.5 Å². The van der Waals surface area contributed by atoms with E-state index in [9.17, 15) is 4.79 Å². The van der Waals surface area contributed by atoms with Gasteiger partial charge in [0.25, 0.3) is 0 Å². The maximum absolute atomic E-state index is 10.8. The third-order valence-corrected chi connectivity index (χ3v) is 5.79. The molecule has 6 nitrogen and oxygen atoms in total. The van der Waals surface area contributed by atoms with Gasteiger partial charge >= 0.3 is 5.97 Å². The lowest BCUT2D eigenvalue weighted by atomic mass is 10.1. The molecule has 1 fully saturated rings. The second-order valence-corrected chi connectivity index (χ2v) is 8.52. The molecule has 0 bridgehead atoms. The van der Waals surface area contributed by atoms with Crippen molar-refractivity contribution in [1.82, 2.24) is 10.2 Å². The molecule has 8 heteroatoms. The lowest BCUT2D eigenvalue weighted by Crippen LogP contribution is -2.38. The largest absolute Gasteiger partial charge is 0.489 e. The fourth-order valence-electron chi connectivity index (χ4n) is 3.53. The minimum Gasteiger partial charge on any atom is -0.489 e. The maximum Gasteiger partial charge on any atom is 0.307 e. The average molecular weight is 482 g/mol. The smallest absolute Gasteiger partial charge is 0.307 e. The Morgan fingerprint density at radius 2 is 1.79 bits per heavy atom. The first-order chi connectivity index (χ1) is 16.0. The molecule has 0 atom stereocenters. The molecule has 4 rings (SSSR count). The molecule has 0 saturated carbocycles. The number of hydrogen-bond acceptors (Lipinski definition) is 5. The molecule has 1 saturated heterocycles. The number of carboxylic acid groups (broad SMARTS) is 1. The number of halogens is 2. The minimum absolute atomic E-state index is 0.00162. The Labute approximate surface area is 202 Å². The molecule has 1 aliphatic heterocycles. The van der Waals surface area contributed by atoms with Crippen molar-refractivity contribution in [3.8, 4) is 17.6 Å².